The minimum atomic E-state index is -1.18. The molecule has 1 aliphatic carbocycles. The number of carbonyl (C=O) groups is 2. The van der Waals surface area contributed by atoms with E-state index in [-0.39, 0.29) is 35.7 Å². The van der Waals surface area contributed by atoms with Gasteiger partial charge in [0.15, 0.2) is 0 Å². The van der Waals surface area contributed by atoms with Crippen LogP contribution >= 0.6 is 0 Å². The van der Waals surface area contributed by atoms with Crippen molar-refractivity contribution in [2.75, 3.05) is 0 Å². The number of carboxylic acids is 1. The summed E-state index contributed by atoms with van der Waals surface area (Å²) in [5, 5.41) is 23.7. The zero-order valence-corrected chi connectivity index (χ0v) is 19.8. The molecular formula is C28H29N5O3. The number of nitrogens with one attached hydrogen (secondary N) is 2. The summed E-state index contributed by atoms with van der Waals surface area (Å²) in [5.41, 5.74) is 13.8. The second-order valence-electron chi connectivity index (χ2n) is 9.48. The molecule has 1 aromatic heterocycles. The molecular weight excluding hydrogens is 454 g/mol. The van der Waals surface area contributed by atoms with Crippen LogP contribution in [0.25, 0.3) is 21.7 Å². The van der Waals surface area contributed by atoms with Crippen LogP contribution in [0.3, 0.4) is 0 Å². The summed E-state index contributed by atoms with van der Waals surface area (Å²) in [5.74, 6) is -1.73. The van der Waals surface area contributed by atoms with E-state index in [1.807, 2.05) is 42.5 Å². The van der Waals surface area contributed by atoms with Gasteiger partial charge in [0, 0.05) is 29.6 Å². The number of aromatic carboxylic acids is 1. The van der Waals surface area contributed by atoms with Gasteiger partial charge in [-0.25, -0.2) is 4.79 Å². The molecule has 8 heteroatoms. The first-order valence-corrected chi connectivity index (χ1v) is 12.1. The molecule has 0 unspecified atom stereocenters. The van der Waals surface area contributed by atoms with Gasteiger partial charge in [0.25, 0.3) is 5.91 Å². The van der Waals surface area contributed by atoms with Crippen molar-refractivity contribution in [3.8, 4) is 0 Å². The SMILES string of the molecule is N=C(N)c1ccc2c(C(=O)O)c(C(=O)NC3CCC(N)CC3)n(Cc3cccc4ccccc34)c2c1. The Hall–Kier alpha value is -4.17. The van der Waals surface area contributed by atoms with E-state index in [4.69, 9.17) is 16.9 Å². The van der Waals surface area contributed by atoms with E-state index in [1.165, 1.54) is 0 Å². The number of hydrogen-bond donors (Lipinski definition) is 5. The van der Waals surface area contributed by atoms with Gasteiger partial charge in [-0.3, -0.25) is 10.2 Å². The molecule has 1 fully saturated rings. The fraction of sp³-hybridized carbons (Fsp3) is 0.250. The highest BCUT2D eigenvalue weighted by Crippen LogP contribution is 2.31. The number of amides is 1. The number of nitrogens with zero attached hydrogens (tertiary/aromatic N) is 1. The molecule has 0 bridgehead atoms. The van der Waals surface area contributed by atoms with E-state index < -0.39 is 11.9 Å². The Morgan fingerprint density at radius 1 is 1.00 bits per heavy atom. The maximum absolute atomic E-state index is 13.7. The van der Waals surface area contributed by atoms with Gasteiger partial charge in [-0.2, -0.15) is 0 Å². The molecule has 1 heterocycles. The summed E-state index contributed by atoms with van der Waals surface area (Å²) in [7, 11) is 0. The van der Waals surface area contributed by atoms with Crippen molar-refractivity contribution in [1.29, 1.82) is 5.41 Å². The summed E-state index contributed by atoms with van der Waals surface area (Å²) in [6, 6.07) is 18.9. The van der Waals surface area contributed by atoms with Crippen molar-refractivity contribution in [2.24, 2.45) is 11.5 Å². The second-order valence-corrected chi connectivity index (χ2v) is 9.48. The summed E-state index contributed by atoms with van der Waals surface area (Å²) >= 11 is 0. The minimum Gasteiger partial charge on any atom is -0.478 e. The highest BCUT2D eigenvalue weighted by Gasteiger charge is 2.30. The molecule has 0 aliphatic heterocycles. The van der Waals surface area contributed by atoms with Crippen molar-refractivity contribution in [1.82, 2.24) is 9.88 Å². The molecule has 0 spiro atoms. The Morgan fingerprint density at radius 3 is 2.44 bits per heavy atom. The van der Waals surface area contributed by atoms with Crippen LogP contribution in [0.15, 0.2) is 60.7 Å². The minimum absolute atomic E-state index is 0.0506. The highest BCUT2D eigenvalue weighted by molar-refractivity contribution is 6.14. The molecule has 8 nitrogen and oxygen atoms in total. The lowest BCUT2D eigenvalue weighted by atomic mass is 9.91. The second kappa shape index (κ2) is 9.47. The number of aromatic nitrogens is 1. The van der Waals surface area contributed by atoms with Crippen LogP contribution < -0.4 is 16.8 Å². The Labute approximate surface area is 208 Å². The number of nitrogen functional groups attached to an aromatic ring is 1. The average molecular weight is 484 g/mol. The monoisotopic (exact) mass is 483 g/mol. The summed E-state index contributed by atoms with van der Waals surface area (Å²) in [6.45, 7) is 0.283. The maximum atomic E-state index is 13.7. The van der Waals surface area contributed by atoms with E-state index in [0.717, 1.165) is 42.0 Å². The van der Waals surface area contributed by atoms with Crippen LogP contribution in [0.2, 0.25) is 0 Å². The number of nitrogens with two attached hydrogens (primary N) is 2. The number of amidine groups is 1. The third-order valence-corrected chi connectivity index (χ3v) is 7.12. The molecule has 0 saturated heterocycles. The molecule has 0 atom stereocenters. The first kappa shape index (κ1) is 23.6. The lowest BCUT2D eigenvalue weighted by Gasteiger charge is -2.27. The molecule has 1 amide bonds. The number of carbonyl (C=O) groups excluding carboxylic acids is 1. The Balaban J connectivity index is 1.69. The molecule has 3 aromatic carbocycles. The van der Waals surface area contributed by atoms with E-state index in [0.29, 0.717) is 16.5 Å². The highest BCUT2D eigenvalue weighted by atomic mass is 16.4. The normalized spacial score (nSPS) is 17.8. The molecule has 1 aliphatic rings. The van der Waals surface area contributed by atoms with Crippen LogP contribution in [0.5, 0.6) is 0 Å². The van der Waals surface area contributed by atoms with E-state index in [2.05, 4.69) is 5.32 Å². The van der Waals surface area contributed by atoms with E-state index in [9.17, 15) is 14.7 Å². The molecule has 5 rings (SSSR count). The smallest absolute Gasteiger partial charge is 0.338 e. The maximum Gasteiger partial charge on any atom is 0.338 e. The zero-order chi connectivity index (χ0) is 25.4. The molecule has 184 valence electrons. The fourth-order valence-electron chi connectivity index (χ4n) is 5.25. The van der Waals surface area contributed by atoms with Crippen LogP contribution in [0.1, 0.15) is 57.7 Å². The Bertz CT molecular complexity index is 1490. The van der Waals surface area contributed by atoms with Crippen molar-refractivity contribution >= 4 is 39.4 Å². The molecule has 7 N–H and O–H groups in total. The predicted octanol–water partition coefficient (Wildman–Crippen LogP) is 3.82. The van der Waals surface area contributed by atoms with Crippen LogP contribution in [-0.2, 0) is 6.54 Å². The van der Waals surface area contributed by atoms with Crippen LogP contribution in [-0.4, -0.2) is 39.5 Å². The molecule has 4 aromatic rings. The van der Waals surface area contributed by atoms with Gasteiger partial charge >= 0.3 is 5.97 Å². The van der Waals surface area contributed by atoms with Gasteiger partial charge in [-0.15, -0.1) is 0 Å². The first-order valence-electron chi connectivity index (χ1n) is 12.1. The fourth-order valence-corrected chi connectivity index (χ4v) is 5.25. The number of rotatable bonds is 6. The quantitative estimate of drug-likeness (QED) is 0.209. The van der Waals surface area contributed by atoms with E-state index in [1.54, 1.807) is 22.8 Å². The Kier molecular flexibility index (Phi) is 6.20. The predicted molar refractivity (Wildman–Crippen MR) is 141 cm³/mol. The first-order chi connectivity index (χ1) is 17.3. The van der Waals surface area contributed by atoms with Crippen molar-refractivity contribution in [2.45, 2.75) is 44.3 Å². The average Bonchev–Trinajstić information content (AvgIpc) is 3.19. The number of fused-ring (bicyclic) bond motifs is 2. The van der Waals surface area contributed by atoms with Crippen molar-refractivity contribution in [3.05, 3.63) is 83.0 Å². The van der Waals surface area contributed by atoms with Crippen LogP contribution in [0, 0.1) is 5.41 Å². The van der Waals surface area contributed by atoms with Gasteiger partial charge in [0.1, 0.15) is 11.5 Å². The van der Waals surface area contributed by atoms with Gasteiger partial charge < -0.3 is 26.5 Å². The summed E-state index contributed by atoms with van der Waals surface area (Å²) in [4.78, 5) is 26.2. The zero-order valence-electron chi connectivity index (χ0n) is 19.8. The largest absolute Gasteiger partial charge is 0.478 e. The molecule has 36 heavy (non-hydrogen) atoms. The lowest BCUT2D eigenvalue weighted by molar-refractivity contribution is 0.0691. The Morgan fingerprint density at radius 2 is 1.72 bits per heavy atom. The van der Waals surface area contributed by atoms with Crippen LogP contribution in [0.4, 0.5) is 0 Å². The van der Waals surface area contributed by atoms with Crippen molar-refractivity contribution < 1.29 is 14.7 Å². The standard InChI is InChI=1S/C28H29N5O3/c29-19-9-11-20(12-10-19)32-27(34)25-24(28(35)36)22-13-8-17(26(30)31)14-23(22)33(25)15-18-6-3-5-16-4-1-2-7-21(16)18/h1-8,13-14,19-20H,9-12,15,29H2,(H3,30,31)(H,32,34)(H,35,36). The molecule has 1 saturated carbocycles. The van der Waals surface area contributed by atoms with Gasteiger partial charge in [-0.05, 0) is 48.1 Å². The number of benzene rings is 3. The third kappa shape index (κ3) is 4.31. The third-order valence-electron chi connectivity index (χ3n) is 7.12. The topological polar surface area (TPSA) is 147 Å². The van der Waals surface area contributed by atoms with Gasteiger partial charge in [0.2, 0.25) is 0 Å². The van der Waals surface area contributed by atoms with Gasteiger partial charge in [-0.1, -0.05) is 54.6 Å². The number of hydrogen-bond acceptors (Lipinski definition) is 4. The summed E-state index contributed by atoms with van der Waals surface area (Å²) < 4.78 is 1.75. The van der Waals surface area contributed by atoms with E-state index >= 15 is 0 Å². The summed E-state index contributed by atoms with van der Waals surface area (Å²) in [6.07, 6.45) is 3.15. The number of carboxylic acid groups (broad SMARTS) is 1. The lowest BCUT2D eigenvalue weighted by Crippen LogP contribution is -2.41. The van der Waals surface area contributed by atoms with Crippen molar-refractivity contribution in [3.63, 3.8) is 0 Å². The van der Waals surface area contributed by atoms with Gasteiger partial charge in [0.05, 0.1) is 11.1 Å². The molecule has 0 radical (unpaired) electrons.